The Balaban J connectivity index is 1.87. The molecule has 1 fully saturated rings. The van der Waals surface area contributed by atoms with Crippen LogP contribution in [0.2, 0.25) is 0 Å². The average molecular weight is 218 g/mol. The van der Waals surface area contributed by atoms with Crippen molar-refractivity contribution in [3.63, 3.8) is 0 Å². The van der Waals surface area contributed by atoms with Crippen LogP contribution in [0, 0.1) is 0 Å². The van der Waals surface area contributed by atoms with Gasteiger partial charge in [-0.2, -0.15) is 0 Å². The molecule has 86 valence electrons. The van der Waals surface area contributed by atoms with Crippen molar-refractivity contribution in [2.75, 3.05) is 6.61 Å². The van der Waals surface area contributed by atoms with Gasteiger partial charge in [0.1, 0.15) is 0 Å². The summed E-state index contributed by atoms with van der Waals surface area (Å²) in [6, 6.07) is 7.91. The number of carbonyl (C=O) groups is 1. The quantitative estimate of drug-likeness (QED) is 0.726. The number of ketones is 1. The topological polar surface area (TPSA) is 26.3 Å². The van der Waals surface area contributed by atoms with E-state index in [-0.39, 0.29) is 5.78 Å². The van der Waals surface area contributed by atoms with Gasteiger partial charge in [0, 0.05) is 12.2 Å². The Labute approximate surface area is 96.6 Å². The molecular weight excluding hydrogens is 200 g/mol. The second-order valence-corrected chi connectivity index (χ2v) is 4.43. The van der Waals surface area contributed by atoms with Crippen LogP contribution in [-0.4, -0.2) is 18.5 Å². The van der Waals surface area contributed by atoms with Crippen molar-refractivity contribution >= 4 is 5.78 Å². The Hall–Kier alpha value is -1.15. The standard InChI is InChI=1S/C14H18O2/c1-11(15)13-7-4-12(5-8-13)6-9-14-3-2-10-16-14/h4-5,7-8,14H,2-3,6,9-10H2,1H3. The Morgan fingerprint density at radius 1 is 1.38 bits per heavy atom. The fourth-order valence-electron chi connectivity index (χ4n) is 2.11. The van der Waals surface area contributed by atoms with Gasteiger partial charge in [0.05, 0.1) is 6.10 Å². The SMILES string of the molecule is CC(=O)c1ccc(CCC2CCCO2)cc1. The lowest BCUT2D eigenvalue weighted by atomic mass is 10.0. The maximum atomic E-state index is 11.1. The van der Waals surface area contributed by atoms with Crippen LogP contribution in [0.3, 0.4) is 0 Å². The molecular formula is C14H18O2. The predicted octanol–water partition coefficient (Wildman–Crippen LogP) is 3.00. The van der Waals surface area contributed by atoms with E-state index in [1.807, 2.05) is 24.3 Å². The van der Waals surface area contributed by atoms with Gasteiger partial charge in [0.15, 0.2) is 5.78 Å². The van der Waals surface area contributed by atoms with Crippen molar-refractivity contribution in [1.29, 1.82) is 0 Å². The van der Waals surface area contributed by atoms with Crippen molar-refractivity contribution in [1.82, 2.24) is 0 Å². The van der Waals surface area contributed by atoms with E-state index >= 15 is 0 Å². The normalized spacial score (nSPS) is 19.9. The highest BCUT2D eigenvalue weighted by atomic mass is 16.5. The number of aryl methyl sites for hydroxylation is 1. The summed E-state index contributed by atoms with van der Waals surface area (Å²) in [6.45, 7) is 2.52. The summed E-state index contributed by atoms with van der Waals surface area (Å²) < 4.78 is 5.58. The van der Waals surface area contributed by atoms with E-state index < -0.39 is 0 Å². The third-order valence-corrected chi connectivity index (χ3v) is 3.14. The van der Waals surface area contributed by atoms with Gasteiger partial charge in [-0.05, 0) is 38.2 Å². The highest BCUT2D eigenvalue weighted by molar-refractivity contribution is 5.93. The molecule has 0 bridgehead atoms. The molecule has 1 aromatic rings. The first-order valence-corrected chi connectivity index (χ1v) is 5.97. The van der Waals surface area contributed by atoms with Crippen molar-refractivity contribution in [2.45, 2.75) is 38.7 Å². The second-order valence-electron chi connectivity index (χ2n) is 4.43. The second kappa shape index (κ2) is 5.26. The molecule has 0 amide bonds. The third kappa shape index (κ3) is 2.92. The highest BCUT2D eigenvalue weighted by Crippen LogP contribution is 2.18. The smallest absolute Gasteiger partial charge is 0.159 e. The van der Waals surface area contributed by atoms with E-state index in [9.17, 15) is 4.79 Å². The summed E-state index contributed by atoms with van der Waals surface area (Å²) in [5.41, 5.74) is 2.08. The van der Waals surface area contributed by atoms with Gasteiger partial charge in [0.25, 0.3) is 0 Å². The van der Waals surface area contributed by atoms with Gasteiger partial charge in [0.2, 0.25) is 0 Å². The molecule has 0 aliphatic carbocycles. The molecule has 1 heterocycles. The summed E-state index contributed by atoms with van der Waals surface area (Å²) in [7, 11) is 0. The molecule has 2 nitrogen and oxygen atoms in total. The van der Waals surface area contributed by atoms with Crippen LogP contribution in [0.5, 0.6) is 0 Å². The Morgan fingerprint density at radius 3 is 2.69 bits per heavy atom. The lowest BCUT2D eigenvalue weighted by Gasteiger charge is -2.08. The van der Waals surface area contributed by atoms with Gasteiger partial charge >= 0.3 is 0 Å². The third-order valence-electron chi connectivity index (χ3n) is 3.14. The van der Waals surface area contributed by atoms with Crippen LogP contribution in [0.25, 0.3) is 0 Å². The van der Waals surface area contributed by atoms with Gasteiger partial charge in [-0.25, -0.2) is 0 Å². The first-order valence-electron chi connectivity index (χ1n) is 5.97. The molecule has 0 saturated carbocycles. The summed E-state index contributed by atoms with van der Waals surface area (Å²) in [5.74, 6) is 0.130. The number of benzene rings is 1. The highest BCUT2D eigenvalue weighted by Gasteiger charge is 2.14. The molecule has 1 aromatic carbocycles. The summed E-state index contributed by atoms with van der Waals surface area (Å²) in [6.07, 6.45) is 4.99. The molecule has 0 aromatic heterocycles. The van der Waals surface area contributed by atoms with E-state index in [2.05, 4.69) is 0 Å². The number of rotatable bonds is 4. The average Bonchev–Trinajstić information content (AvgIpc) is 2.80. The number of Topliss-reactive ketones (excluding diaryl/α,β-unsaturated/α-hetero) is 1. The largest absolute Gasteiger partial charge is 0.378 e. The molecule has 2 rings (SSSR count). The molecule has 1 unspecified atom stereocenters. The molecule has 1 aliphatic heterocycles. The fourth-order valence-corrected chi connectivity index (χ4v) is 2.11. The van der Waals surface area contributed by atoms with Crippen molar-refractivity contribution < 1.29 is 9.53 Å². The minimum absolute atomic E-state index is 0.130. The Morgan fingerprint density at radius 2 is 2.12 bits per heavy atom. The van der Waals surface area contributed by atoms with Gasteiger partial charge in [-0.3, -0.25) is 4.79 Å². The maximum Gasteiger partial charge on any atom is 0.159 e. The molecule has 1 atom stereocenters. The Kier molecular flexibility index (Phi) is 3.73. The molecule has 2 heteroatoms. The van der Waals surface area contributed by atoms with Crippen molar-refractivity contribution in [3.05, 3.63) is 35.4 Å². The minimum Gasteiger partial charge on any atom is -0.378 e. The van der Waals surface area contributed by atoms with Crippen LogP contribution in [0.1, 0.15) is 42.1 Å². The van der Waals surface area contributed by atoms with Crippen LogP contribution >= 0.6 is 0 Å². The van der Waals surface area contributed by atoms with Crippen LogP contribution in [-0.2, 0) is 11.2 Å². The number of hydrogen-bond donors (Lipinski definition) is 0. The number of ether oxygens (including phenoxy) is 1. The minimum atomic E-state index is 0.130. The van der Waals surface area contributed by atoms with E-state index in [0.717, 1.165) is 25.0 Å². The van der Waals surface area contributed by atoms with Crippen LogP contribution in [0.15, 0.2) is 24.3 Å². The monoisotopic (exact) mass is 218 g/mol. The van der Waals surface area contributed by atoms with E-state index in [4.69, 9.17) is 4.74 Å². The Bertz CT molecular complexity index is 348. The first kappa shape index (κ1) is 11.3. The number of hydrogen-bond acceptors (Lipinski definition) is 2. The van der Waals surface area contributed by atoms with Crippen molar-refractivity contribution in [2.24, 2.45) is 0 Å². The fraction of sp³-hybridized carbons (Fsp3) is 0.500. The first-order chi connectivity index (χ1) is 7.75. The van der Waals surface area contributed by atoms with E-state index in [1.165, 1.54) is 18.4 Å². The lowest BCUT2D eigenvalue weighted by molar-refractivity contribution is 0.101. The number of carbonyl (C=O) groups excluding carboxylic acids is 1. The molecule has 0 spiro atoms. The zero-order valence-corrected chi connectivity index (χ0v) is 9.74. The summed E-state index contributed by atoms with van der Waals surface area (Å²) >= 11 is 0. The van der Waals surface area contributed by atoms with Crippen molar-refractivity contribution in [3.8, 4) is 0 Å². The summed E-state index contributed by atoms with van der Waals surface area (Å²) in [4.78, 5) is 11.1. The lowest BCUT2D eigenvalue weighted by Crippen LogP contribution is -2.06. The zero-order chi connectivity index (χ0) is 11.4. The maximum absolute atomic E-state index is 11.1. The summed E-state index contributed by atoms with van der Waals surface area (Å²) in [5, 5.41) is 0. The predicted molar refractivity (Wildman–Crippen MR) is 63.7 cm³/mol. The van der Waals surface area contributed by atoms with Gasteiger partial charge in [-0.15, -0.1) is 0 Å². The zero-order valence-electron chi connectivity index (χ0n) is 9.74. The molecule has 1 aliphatic rings. The molecule has 16 heavy (non-hydrogen) atoms. The van der Waals surface area contributed by atoms with Crippen LogP contribution < -0.4 is 0 Å². The molecule has 1 saturated heterocycles. The van der Waals surface area contributed by atoms with Gasteiger partial charge < -0.3 is 4.74 Å². The van der Waals surface area contributed by atoms with Gasteiger partial charge in [-0.1, -0.05) is 24.3 Å². The van der Waals surface area contributed by atoms with E-state index in [1.54, 1.807) is 6.92 Å². The molecule has 0 N–H and O–H groups in total. The molecule has 0 radical (unpaired) electrons. The van der Waals surface area contributed by atoms with Crippen LogP contribution in [0.4, 0.5) is 0 Å². The van der Waals surface area contributed by atoms with E-state index in [0.29, 0.717) is 6.10 Å².